The normalized spacial score (nSPS) is 20.7. The topological polar surface area (TPSA) is 78.9 Å². The summed E-state index contributed by atoms with van der Waals surface area (Å²) in [6.45, 7) is 0.775. The average Bonchev–Trinajstić information content (AvgIpc) is 2.85. The molecule has 16 heavy (non-hydrogen) atoms. The van der Waals surface area contributed by atoms with Gasteiger partial charge in [-0.05, 0) is 28.8 Å². The Balaban J connectivity index is 2.22. The second-order valence-corrected chi connectivity index (χ2v) is 4.36. The van der Waals surface area contributed by atoms with Crippen LogP contribution in [0.15, 0.2) is 11.1 Å². The summed E-state index contributed by atoms with van der Waals surface area (Å²) in [5.74, 6) is 0.391. The van der Waals surface area contributed by atoms with Gasteiger partial charge in [-0.3, -0.25) is 4.57 Å². The van der Waals surface area contributed by atoms with E-state index in [9.17, 15) is 0 Å². The molecule has 2 aromatic rings. The number of halogens is 1. The number of aromatic nitrogens is 4. The summed E-state index contributed by atoms with van der Waals surface area (Å²) in [5, 5.41) is 0. The summed E-state index contributed by atoms with van der Waals surface area (Å²) in [5.41, 5.74) is 7.08. The van der Waals surface area contributed by atoms with Crippen molar-refractivity contribution in [1.82, 2.24) is 19.5 Å². The second kappa shape index (κ2) is 3.67. The Morgan fingerprint density at radius 3 is 3.12 bits per heavy atom. The van der Waals surface area contributed by atoms with E-state index in [4.69, 9.17) is 10.5 Å². The molecule has 1 unspecified atom stereocenters. The molecule has 0 radical (unpaired) electrons. The van der Waals surface area contributed by atoms with Gasteiger partial charge >= 0.3 is 0 Å². The molecule has 3 rings (SSSR count). The van der Waals surface area contributed by atoms with Gasteiger partial charge in [0.1, 0.15) is 12.6 Å². The summed E-state index contributed by atoms with van der Waals surface area (Å²) in [4.78, 5) is 12.4. The van der Waals surface area contributed by atoms with Crippen LogP contribution in [0, 0.1) is 0 Å². The maximum atomic E-state index is 5.75. The molecule has 1 atom stereocenters. The molecule has 84 valence electrons. The molecule has 2 aromatic heterocycles. The zero-order valence-corrected chi connectivity index (χ0v) is 10.0. The van der Waals surface area contributed by atoms with Crippen molar-refractivity contribution < 1.29 is 4.74 Å². The molecule has 1 saturated heterocycles. The van der Waals surface area contributed by atoms with Gasteiger partial charge in [-0.2, -0.15) is 0 Å². The zero-order valence-electron chi connectivity index (χ0n) is 8.43. The highest BCUT2D eigenvalue weighted by molar-refractivity contribution is 9.10. The maximum Gasteiger partial charge on any atom is 0.181 e. The van der Waals surface area contributed by atoms with Crippen LogP contribution in [0.4, 0.5) is 5.82 Å². The van der Waals surface area contributed by atoms with Crippen LogP contribution in [0.2, 0.25) is 0 Å². The first-order chi connectivity index (χ1) is 7.77. The molecule has 1 fully saturated rings. The van der Waals surface area contributed by atoms with Gasteiger partial charge in [-0.25, -0.2) is 15.0 Å². The van der Waals surface area contributed by atoms with Gasteiger partial charge in [-0.1, -0.05) is 0 Å². The Hall–Kier alpha value is -1.21. The van der Waals surface area contributed by atoms with E-state index in [-0.39, 0.29) is 6.23 Å². The Morgan fingerprint density at radius 1 is 1.50 bits per heavy atom. The maximum absolute atomic E-state index is 5.75. The van der Waals surface area contributed by atoms with E-state index in [0.29, 0.717) is 21.7 Å². The Labute approximate surface area is 100.0 Å². The third-order valence-corrected chi connectivity index (χ3v) is 3.22. The van der Waals surface area contributed by atoms with Gasteiger partial charge in [0.25, 0.3) is 0 Å². The van der Waals surface area contributed by atoms with Gasteiger partial charge in [0.15, 0.2) is 21.7 Å². The second-order valence-electron chi connectivity index (χ2n) is 3.65. The lowest BCUT2D eigenvalue weighted by Gasteiger charge is -2.12. The van der Waals surface area contributed by atoms with Crippen molar-refractivity contribution in [1.29, 1.82) is 0 Å². The molecule has 2 N–H and O–H groups in total. The van der Waals surface area contributed by atoms with Crippen LogP contribution in [-0.4, -0.2) is 26.1 Å². The number of nitrogens with two attached hydrogens (primary N) is 1. The highest BCUT2D eigenvalue weighted by atomic mass is 79.9. The largest absolute Gasteiger partial charge is 0.382 e. The van der Waals surface area contributed by atoms with Crippen LogP contribution in [-0.2, 0) is 4.74 Å². The van der Waals surface area contributed by atoms with Gasteiger partial charge in [-0.15, -0.1) is 0 Å². The molecular weight excluding hydrogens is 274 g/mol. The van der Waals surface area contributed by atoms with Crippen molar-refractivity contribution in [2.24, 2.45) is 0 Å². The first kappa shape index (κ1) is 9.98. The highest BCUT2D eigenvalue weighted by Gasteiger charge is 2.23. The highest BCUT2D eigenvalue weighted by Crippen LogP contribution is 2.31. The fraction of sp³-hybridized carbons (Fsp3) is 0.444. The number of ether oxygens (including phenoxy) is 1. The van der Waals surface area contributed by atoms with Crippen LogP contribution in [0.25, 0.3) is 11.2 Å². The minimum absolute atomic E-state index is 0.00586. The summed E-state index contributed by atoms with van der Waals surface area (Å²) in [6.07, 6.45) is 3.46. The summed E-state index contributed by atoms with van der Waals surface area (Å²) >= 11 is 3.40. The third kappa shape index (κ3) is 1.39. The summed E-state index contributed by atoms with van der Waals surface area (Å²) in [6, 6.07) is 0. The molecule has 1 aliphatic rings. The lowest BCUT2D eigenvalue weighted by molar-refractivity contribution is 0.0576. The van der Waals surface area contributed by atoms with E-state index in [1.54, 1.807) is 0 Å². The molecule has 7 heteroatoms. The Bertz CT molecular complexity index is 534. The van der Waals surface area contributed by atoms with E-state index in [1.165, 1.54) is 6.33 Å². The Kier molecular flexibility index (Phi) is 2.29. The zero-order chi connectivity index (χ0) is 11.1. The molecule has 0 aromatic carbocycles. The number of fused-ring (bicyclic) bond motifs is 1. The lowest BCUT2D eigenvalue weighted by atomic mass is 10.3. The van der Waals surface area contributed by atoms with Crippen molar-refractivity contribution in [3.05, 3.63) is 11.1 Å². The minimum atomic E-state index is -0.00586. The van der Waals surface area contributed by atoms with Gasteiger partial charge in [0.2, 0.25) is 0 Å². The van der Waals surface area contributed by atoms with Gasteiger partial charge in [0.05, 0.1) is 0 Å². The number of hydrogen-bond acceptors (Lipinski definition) is 5. The summed E-state index contributed by atoms with van der Waals surface area (Å²) in [7, 11) is 0. The smallest absolute Gasteiger partial charge is 0.181 e. The molecule has 6 nitrogen and oxygen atoms in total. The van der Waals surface area contributed by atoms with Crippen molar-refractivity contribution in [2.75, 3.05) is 12.3 Å². The minimum Gasteiger partial charge on any atom is -0.382 e. The number of nitrogens with zero attached hydrogens (tertiary/aromatic N) is 4. The molecule has 0 aliphatic carbocycles. The van der Waals surface area contributed by atoms with Crippen molar-refractivity contribution in [3.63, 3.8) is 0 Å². The standard InChI is InChI=1S/C9H10BrN5O/c10-9-14-6-7(11)12-4-13-8(6)15(9)5-2-1-3-16-5/h4-5H,1-3H2,(H2,11,12,13). The third-order valence-electron chi connectivity index (χ3n) is 2.66. The molecule has 0 saturated carbocycles. The van der Waals surface area contributed by atoms with Gasteiger partial charge in [0, 0.05) is 6.61 Å². The monoisotopic (exact) mass is 283 g/mol. The SMILES string of the molecule is Nc1ncnc2c1nc(Br)n2C1CCCO1. The van der Waals surface area contributed by atoms with E-state index in [1.807, 2.05) is 4.57 Å². The van der Waals surface area contributed by atoms with E-state index in [0.717, 1.165) is 19.4 Å². The van der Waals surface area contributed by atoms with E-state index >= 15 is 0 Å². The van der Waals surface area contributed by atoms with Crippen LogP contribution in [0.3, 0.4) is 0 Å². The van der Waals surface area contributed by atoms with Crippen LogP contribution in [0.1, 0.15) is 19.1 Å². The lowest BCUT2D eigenvalue weighted by Crippen LogP contribution is -2.08. The number of anilines is 1. The van der Waals surface area contributed by atoms with Crippen LogP contribution in [0.5, 0.6) is 0 Å². The molecule has 1 aliphatic heterocycles. The Morgan fingerprint density at radius 2 is 2.38 bits per heavy atom. The molecule has 3 heterocycles. The fourth-order valence-electron chi connectivity index (χ4n) is 1.92. The quantitative estimate of drug-likeness (QED) is 0.802. The number of nitrogen functional groups attached to an aromatic ring is 1. The van der Waals surface area contributed by atoms with Crippen molar-refractivity contribution in [2.45, 2.75) is 19.1 Å². The van der Waals surface area contributed by atoms with Crippen molar-refractivity contribution >= 4 is 32.9 Å². The fourth-order valence-corrected chi connectivity index (χ4v) is 2.49. The molecule has 0 spiro atoms. The number of hydrogen-bond donors (Lipinski definition) is 1. The molecule has 0 amide bonds. The van der Waals surface area contributed by atoms with Crippen LogP contribution < -0.4 is 5.73 Å². The van der Waals surface area contributed by atoms with E-state index in [2.05, 4.69) is 30.9 Å². The first-order valence-corrected chi connectivity index (χ1v) is 5.82. The van der Waals surface area contributed by atoms with E-state index < -0.39 is 0 Å². The number of imidazole rings is 1. The van der Waals surface area contributed by atoms with Crippen LogP contribution >= 0.6 is 15.9 Å². The first-order valence-electron chi connectivity index (χ1n) is 5.03. The number of rotatable bonds is 1. The van der Waals surface area contributed by atoms with Crippen molar-refractivity contribution in [3.8, 4) is 0 Å². The predicted molar refractivity (Wildman–Crippen MR) is 61.7 cm³/mol. The predicted octanol–water partition coefficient (Wildman–Crippen LogP) is 1.48. The average molecular weight is 284 g/mol. The van der Waals surface area contributed by atoms with Gasteiger partial charge < -0.3 is 10.5 Å². The molecular formula is C9H10BrN5O. The summed E-state index contributed by atoms with van der Waals surface area (Å²) < 4.78 is 8.22. The molecule has 0 bridgehead atoms.